The fourth-order valence-corrected chi connectivity index (χ4v) is 5.51. The van der Waals surface area contributed by atoms with E-state index in [1.165, 1.54) is 18.7 Å². The molecule has 14 heteroatoms. The van der Waals surface area contributed by atoms with Gasteiger partial charge in [0.2, 0.25) is 5.91 Å². The first kappa shape index (κ1) is 28.4. The number of halogens is 1. The predicted octanol–water partition coefficient (Wildman–Crippen LogP) is 2.14. The highest BCUT2D eigenvalue weighted by molar-refractivity contribution is 7.52. The first-order valence-electron chi connectivity index (χ1n) is 11.4. The Bertz CT molecular complexity index is 1010. The molecule has 1 aromatic rings. The Labute approximate surface area is 214 Å². The first-order valence-corrected chi connectivity index (χ1v) is 13.3. The van der Waals surface area contributed by atoms with Crippen LogP contribution in [0.4, 0.5) is 4.79 Å². The molecule has 0 spiro atoms. The molecule has 2 aliphatic heterocycles. The van der Waals surface area contributed by atoms with E-state index in [0.29, 0.717) is 0 Å². The van der Waals surface area contributed by atoms with Gasteiger partial charge in [0.1, 0.15) is 28.9 Å². The lowest BCUT2D eigenvalue weighted by atomic mass is 10.00. The summed E-state index contributed by atoms with van der Waals surface area (Å²) in [6, 6.07) is 6.42. The third-order valence-electron chi connectivity index (χ3n) is 5.52. The van der Waals surface area contributed by atoms with Gasteiger partial charge in [-0.2, -0.15) is 5.09 Å². The zero-order chi connectivity index (χ0) is 26.7. The third kappa shape index (κ3) is 6.76. The molecule has 0 aromatic heterocycles. The average molecular weight is 548 g/mol. The van der Waals surface area contributed by atoms with Gasteiger partial charge in [-0.25, -0.2) is 9.36 Å². The molecule has 0 aliphatic carbocycles. The standard InChI is InChI=1S/C22H31ClN3O9P/c1-13(2)33-19(29)14(3)25-36(31,35-15-8-6-5-7-9-15)32-12-16-18(28)22(4,23)20(34-16)26-11-10-17(27)24-21(26)30/h5-9,13-14,16,18,20,28H,10-12H2,1-4H3,(H,25,31)(H,24,27,30)/t14-,16+,18+,20+,22+,36-/m0/s1. The van der Waals surface area contributed by atoms with Crippen LogP contribution in [0.25, 0.3) is 0 Å². The zero-order valence-corrected chi connectivity index (χ0v) is 22.0. The van der Waals surface area contributed by atoms with E-state index in [1.54, 1.807) is 44.2 Å². The number of hydrogen-bond donors (Lipinski definition) is 3. The molecule has 0 bridgehead atoms. The summed E-state index contributed by atoms with van der Waals surface area (Å²) < 4.78 is 35.8. The second-order valence-corrected chi connectivity index (χ2v) is 11.5. The van der Waals surface area contributed by atoms with Gasteiger partial charge >= 0.3 is 19.7 Å². The van der Waals surface area contributed by atoms with E-state index in [2.05, 4.69) is 10.4 Å². The summed E-state index contributed by atoms with van der Waals surface area (Å²) in [5, 5.41) is 15.6. The summed E-state index contributed by atoms with van der Waals surface area (Å²) in [5.74, 6) is -0.886. The van der Waals surface area contributed by atoms with Gasteiger partial charge in [0, 0.05) is 13.0 Å². The van der Waals surface area contributed by atoms with Crippen LogP contribution < -0.4 is 14.9 Å². The number of amides is 3. The molecule has 3 amide bonds. The van der Waals surface area contributed by atoms with Crippen molar-refractivity contribution in [1.29, 1.82) is 0 Å². The topological polar surface area (TPSA) is 153 Å². The Morgan fingerprint density at radius 1 is 1.33 bits per heavy atom. The van der Waals surface area contributed by atoms with Crippen molar-refractivity contribution >= 4 is 37.3 Å². The molecule has 0 radical (unpaired) electrons. The van der Waals surface area contributed by atoms with Gasteiger partial charge in [-0.1, -0.05) is 18.2 Å². The summed E-state index contributed by atoms with van der Waals surface area (Å²) in [6.07, 6.45) is -3.90. The van der Waals surface area contributed by atoms with E-state index in [0.717, 1.165) is 0 Å². The monoisotopic (exact) mass is 547 g/mol. The molecule has 2 aliphatic rings. The number of alkyl halides is 1. The number of benzene rings is 1. The molecule has 36 heavy (non-hydrogen) atoms. The Kier molecular flexibility index (Phi) is 9.02. The molecule has 3 rings (SSSR count). The van der Waals surface area contributed by atoms with Crippen LogP contribution in [0.2, 0.25) is 0 Å². The SMILES string of the molecule is CC(C)OC(=O)[C@H](C)N[P@](=O)(OC[C@H]1O[C@@H](N2CCC(=O)NC2=O)[C@](C)(Cl)[C@@H]1O)Oc1ccccc1. The molecule has 0 saturated carbocycles. The van der Waals surface area contributed by atoms with Gasteiger partial charge in [0.25, 0.3) is 0 Å². The zero-order valence-electron chi connectivity index (χ0n) is 20.4. The second-order valence-electron chi connectivity index (χ2n) is 8.95. The van der Waals surface area contributed by atoms with Crippen molar-refractivity contribution in [3.05, 3.63) is 30.3 Å². The minimum absolute atomic E-state index is 0.0459. The fourth-order valence-electron chi connectivity index (χ4n) is 3.70. The number of esters is 1. The van der Waals surface area contributed by atoms with Crippen molar-refractivity contribution in [1.82, 2.24) is 15.3 Å². The highest BCUT2D eigenvalue weighted by Gasteiger charge is 2.56. The number of nitrogens with one attached hydrogen (secondary N) is 2. The molecule has 12 nitrogen and oxygen atoms in total. The van der Waals surface area contributed by atoms with Gasteiger partial charge < -0.3 is 19.1 Å². The van der Waals surface area contributed by atoms with Crippen molar-refractivity contribution in [2.45, 2.75) is 69.6 Å². The van der Waals surface area contributed by atoms with Gasteiger partial charge in [-0.3, -0.25) is 24.3 Å². The van der Waals surface area contributed by atoms with Crippen LogP contribution in [0.3, 0.4) is 0 Å². The summed E-state index contributed by atoms with van der Waals surface area (Å²) in [4.78, 5) is 35.8. The van der Waals surface area contributed by atoms with Crippen LogP contribution in [0.15, 0.2) is 30.3 Å². The van der Waals surface area contributed by atoms with Crippen molar-refractivity contribution in [3.63, 3.8) is 0 Å². The number of rotatable bonds is 10. The molecule has 1 aromatic carbocycles. The van der Waals surface area contributed by atoms with Crippen LogP contribution in [0.1, 0.15) is 34.1 Å². The third-order valence-corrected chi connectivity index (χ3v) is 7.58. The van der Waals surface area contributed by atoms with E-state index in [4.69, 9.17) is 30.1 Å². The molecule has 0 unspecified atom stereocenters. The predicted molar refractivity (Wildman–Crippen MR) is 128 cm³/mol. The van der Waals surface area contributed by atoms with Gasteiger partial charge in [-0.05, 0) is 39.8 Å². The highest BCUT2D eigenvalue weighted by atomic mass is 35.5. The maximum absolute atomic E-state index is 13.6. The minimum Gasteiger partial charge on any atom is -0.462 e. The Morgan fingerprint density at radius 3 is 2.61 bits per heavy atom. The lowest BCUT2D eigenvalue weighted by molar-refractivity contribution is -0.149. The van der Waals surface area contributed by atoms with Crippen molar-refractivity contribution < 1.29 is 42.6 Å². The number of carbonyl (C=O) groups excluding carboxylic acids is 3. The quantitative estimate of drug-likeness (QED) is 0.225. The number of para-hydroxylation sites is 1. The van der Waals surface area contributed by atoms with Crippen LogP contribution >= 0.6 is 19.3 Å². The highest BCUT2D eigenvalue weighted by Crippen LogP contribution is 2.47. The van der Waals surface area contributed by atoms with Crippen molar-refractivity contribution in [3.8, 4) is 5.75 Å². The van der Waals surface area contributed by atoms with Gasteiger partial charge in [-0.15, -0.1) is 11.6 Å². The molecule has 2 fully saturated rings. The van der Waals surface area contributed by atoms with Crippen LogP contribution in [-0.2, 0) is 28.2 Å². The number of carbonyl (C=O) groups is 3. The Hall–Kier alpha value is -2.21. The number of urea groups is 1. The van der Waals surface area contributed by atoms with Crippen LogP contribution in [0, 0.1) is 0 Å². The summed E-state index contributed by atoms with van der Waals surface area (Å²) in [6.45, 7) is 5.87. The number of ether oxygens (including phenoxy) is 2. The van der Waals surface area contributed by atoms with Crippen LogP contribution in [-0.4, -0.2) is 76.5 Å². The van der Waals surface area contributed by atoms with E-state index in [9.17, 15) is 24.1 Å². The van der Waals surface area contributed by atoms with Crippen molar-refractivity contribution in [2.75, 3.05) is 13.2 Å². The maximum Gasteiger partial charge on any atom is 0.459 e. The Morgan fingerprint density at radius 2 is 2.00 bits per heavy atom. The minimum atomic E-state index is -4.21. The van der Waals surface area contributed by atoms with E-state index in [-0.39, 0.29) is 24.8 Å². The number of nitrogens with zero attached hydrogens (tertiary/aromatic N) is 1. The number of aliphatic hydroxyl groups excluding tert-OH is 1. The van der Waals surface area contributed by atoms with E-state index in [1.807, 2.05) is 0 Å². The van der Waals surface area contributed by atoms with E-state index >= 15 is 0 Å². The molecule has 200 valence electrons. The molecular formula is C22H31ClN3O9P. The largest absolute Gasteiger partial charge is 0.462 e. The Balaban J connectivity index is 1.74. The molecular weight excluding hydrogens is 517 g/mol. The van der Waals surface area contributed by atoms with Gasteiger partial charge in [0.05, 0.1) is 12.7 Å². The normalized spacial score (nSPS) is 29.0. The summed E-state index contributed by atoms with van der Waals surface area (Å²) in [5.41, 5.74) is 0. The fraction of sp³-hybridized carbons (Fsp3) is 0.591. The van der Waals surface area contributed by atoms with E-state index < -0.39 is 61.6 Å². The average Bonchev–Trinajstić information content (AvgIpc) is 3.01. The summed E-state index contributed by atoms with van der Waals surface area (Å²) in [7, 11) is -4.21. The number of imide groups is 1. The first-order chi connectivity index (χ1) is 16.8. The number of aliphatic hydroxyl groups is 1. The summed E-state index contributed by atoms with van der Waals surface area (Å²) >= 11 is 6.55. The molecule has 3 N–H and O–H groups in total. The van der Waals surface area contributed by atoms with Crippen LogP contribution in [0.5, 0.6) is 5.75 Å². The molecule has 2 saturated heterocycles. The second kappa shape index (κ2) is 11.5. The number of hydrogen-bond acceptors (Lipinski definition) is 9. The van der Waals surface area contributed by atoms with Gasteiger partial charge in [0.15, 0.2) is 6.23 Å². The van der Waals surface area contributed by atoms with Crippen molar-refractivity contribution in [2.24, 2.45) is 0 Å². The lowest BCUT2D eigenvalue weighted by Crippen LogP contribution is -2.58. The molecule has 6 atom stereocenters. The smallest absolute Gasteiger partial charge is 0.459 e. The lowest BCUT2D eigenvalue weighted by Gasteiger charge is -2.36. The molecule has 2 heterocycles. The maximum atomic E-state index is 13.6.